The van der Waals surface area contributed by atoms with Gasteiger partial charge in [-0.05, 0) is 32.3 Å². The predicted octanol–water partition coefficient (Wildman–Crippen LogP) is 1.92. The second kappa shape index (κ2) is 8.33. The quantitative estimate of drug-likeness (QED) is 0.628. The molecule has 0 heterocycles. The van der Waals surface area contributed by atoms with Crippen molar-refractivity contribution < 1.29 is 23.1 Å². The van der Waals surface area contributed by atoms with E-state index in [1.807, 2.05) is 0 Å². The second-order valence-electron chi connectivity index (χ2n) is 5.62. The number of hydrogen-bond acceptors (Lipinski definition) is 3. The second-order valence-corrected chi connectivity index (χ2v) is 5.62. The lowest BCUT2D eigenvalue weighted by molar-refractivity contribution is -0.124. The Labute approximate surface area is 128 Å². The number of carbonyl (C=O) groups excluding carboxylic acids is 1. The average Bonchev–Trinajstić information content (AvgIpc) is 2.90. The highest BCUT2D eigenvalue weighted by atomic mass is 19.4. The number of alkyl halides is 3. The Morgan fingerprint density at radius 3 is 2.68 bits per heavy atom. The van der Waals surface area contributed by atoms with E-state index in [1.54, 1.807) is 0 Å². The van der Waals surface area contributed by atoms with Crippen molar-refractivity contribution in [1.82, 2.24) is 10.6 Å². The fourth-order valence-corrected chi connectivity index (χ4v) is 2.47. The highest BCUT2D eigenvalue weighted by Crippen LogP contribution is 2.26. The minimum absolute atomic E-state index is 0.0560. The molecule has 0 radical (unpaired) electrons. The maximum atomic E-state index is 12.3. The Morgan fingerprint density at radius 1 is 1.41 bits per heavy atom. The molecule has 126 valence electrons. The first-order valence-electron chi connectivity index (χ1n) is 7.29. The SMILES string of the molecule is C=C(/C=C(\C)CNC(=O)[C@H]1CC[C@@H](NCCO)C1)C(F)(F)F. The van der Waals surface area contributed by atoms with Crippen molar-refractivity contribution in [2.24, 2.45) is 5.92 Å². The van der Waals surface area contributed by atoms with Crippen molar-refractivity contribution in [2.45, 2.75) is 38.4 Å². The number of allylic oxidation sites excluding steroid dienone is 2. The van der Waals surface area contributed by atoms with Gasteiger partial charge in [0.1, 0.15) is 0 Å². The molecule has 1 aliphatic carbocycles. The lowest BCUT2D eigenvalue weighted by atomic mass is 10.1. The Hall–Kier alpha value is -1.34. The van der Waals surface area contributed by atoms with Crippen LogP contribution in [-0.2, 0) is 4.79 Å². The highest BCUT2D eigenvalue weighted by Gasteiger charge is 2.31. The number of rotatable bonds is 7. The van der Waals surface area contributed by atoms with E-state index in [-0.39, 0.29) is 31.0 Å². The van der Waals surface area contributed by atoms with Crippen molar-refractivity contribution >= 4 is 5.91 Å². The third-order valence-electron chi connectivity index (χ3n) is 3.67. The maximum absolute atomic E-state index is 12.3. The molecule has 22 heavy (non-hydrogen) atoms. The molecular formula is C15H23F3N2O2. The van der Waals surface area contributed by atoms with Crippen LogP contribution in [0.4, 0.5) is 13.2 Å². The summed E-state index contributed by atoms with van der Waals surface area (Å²) in [6.07, 6.45) is -1.21. The van der Waals surface area contributed by atoms with Gasteiger partial charge >= 0.3 is 6.18 Å². The highest BCUT2D eigenvalue weighted by molar-refractivity contribution is 5.79. The zero-order valence-electron chi connectivity index (χ0n) is 12.7. The van der Waals surface area contributed by atoms with Crippen molar-refractivity contribution in [2.75, 3.05) is 19.7 Å². The number of hydrogen-bond donors (Lipinski definition) is 3. The van der Waals surface area contributed by atoms with Gasteiger partial charge in [-0.1, -0.05) is 12.2 Å². The lowest BCUT2D eigenvalue weighted by Crippen LogP contribution is -2.33. The molecule has 0 aromatic heterocycles. The maximum Gasteiger partial charge on any atom is 0.415 e. The normalized spacial score (nSPS) is 22.7. The summed E-state index contributed by atoms with van der Waals surface area (Å²) in [6, 6.07) is 0.213. The van der Waals surface area contributed by atoms with Crippen molar-refractivity contribution in [1.29, 1.82) is 0 Å². The Kier molecular flexibility index (Phi) is 7.09. The topological polar surface area (TPSA) is 61.4 Å². The average molecular weight is 320 g/mol. The molecule has 3 N–H and O–H groups in total. The molecular weight excluding hydrogens is 297 g/mol. The molecule has 0 saturated heterocycles. The van der Waals surface area contributed by atoms with E-state index in [2.05, 4.69) is 17.2 Å². The van der Waals surface area contributed by atoms with E-state index in [0.29, 0.717) is 18.5 Å². The van der Waals surface area contributed by atoms with Crippen LogP contribution in [0.3, 0.4) is 0 Å². The third-order valence-corrected chi connectivity index (χ3v) is 3.67. The standard InChI is InChI=1S/C15H23F3N2O2/c1-10(7-11(2)15(16,17)18)9-20-14(22)12-3-4-13(8-12)19-5-6-21/h7,12-13,19,21H,2-6,8-9H2,1H3,(H,20,22)/b10-7+/t12-,13+/m0/s1. The summed E-state index contributed by atoms with van der Waals surface area (Å²) in [5.41, 5.74) is -0.517. The largest absolute Gasteiger partial charge is 0.415 e. The molecule has 0 spiro atoms. The van der Waals surface area contributed by atoms with Crippen molar-refractivity contribution in [3.63, 3.8) is 0 Å². The van der Waals surface area contributed by atoms with Crippen LogP contribution in [0.15, 0.2) is 23.8 Å². The van der Waals surface area contributed by atoms with Crippen LogP contribution in [0, 0.1) is 5.92 Å². The molecule has 1 fully saturated rings. The van der Waals surface area contributed by atoms with Crippen LogP contribution >= 0.6 is 0 Å². The molecule has 7 heteroatoms. The van der Waals surface area contributed by atoms with Gasteiger partial charge in [0.15, 0.2) is 0 Å². The third kappa shape index (κ3) is 6.19. The Morgan fingerprint density at radius 2 is 2.09 bits per heavy atom. The molecule has 2 atom stereocenters. The summed E-state index contributed by atoms with van der Waals surface area (Å²) in [7, 11) is 0. The number of carbonyl (C=O) groups is 1. The molecule has 0 unspecified atom stereocenters. The van der Waals surface area contributed by atoms with Gasteiger partial charge < -0.3 is 15.7 Å². The van der Waals surface area contributed by atoms with E-state index in [0.717, 1.165) is 18.9 Å². The zero-order valence-corrected chi connectivity index (χ0v) is 12.7. The molecule has 0 aromatic rings. The summed E-state index contributed by atoms with van der Waals surface area (Å²) < 4.78 is 37.0. The minimum Gasteiger partial charge on any atom is -0.395 e. The monoisotopic (exact) mass is 320 g/mol. The van der Waals surface area contributed by atoms with Gasteiger partial charge in [-0.15, -0.1) is 0 Å². The first-order valence-corrected chi connectivity index (χ1v) is 7.29. The summed E-state index contributed by atoms with van der Waals surface area (Å²) >= 11 is 0. The van der Waals surface area contributed by atoms with E-state index in [4.69, 9.17) is 5.11 Å². The smallest absolute Gasteiger partial charge is 0.395 e. The van der Waals surface area contributed by atoms with Gasteiger partial charge in [-0.25, -0.2) is 0 Å². The number of amides is 1. The van der Waals surface area contributed by atoms with E-state index in [9.17, 15) is 18.0 Å². The fourth-order valence-electron chi connectivity index (χ4n) is 2.47. The molecule has 4 nitrogen and oxygen atoms in total. The summed E-state index contributed by atoms with van der Waals surface area (Å²) in [6.45, 7) is 5.13. The molecule has 0 bridgehead atoms. The minimum atomic E-state index is -4.44. The Balaban J connectivity index is 2.37. The number of aliphatic hydroxyl groups is 1. The van der Waals surface area contributed by atoms with E-state index >= 15 is 0 Å². The van der Waals surface area contributed by atoms with Crippen LogP contribution in [0.5, 0.6) is 0 Å². The van der Waals surface area contributed by atoms with Gasteiger partial charge in [0, 0.05) is 30.6 Å². The molecule has 1 aliphatic rings. The first kappa shape index (κ1) is 18.7. The molecule has 0 aliphatic heterocycles. The molecule has 1 saturated carbocycles. The number of nitrogens with one attached hydrogen (secondary N) is 2. The summed E-state index contributed by atoms with van der Waals surface area (Å²) in [5, 5.41) is 14.6. The van der Waals surface area contributed by atoms with Gasteiger partial charge in [0.25, 0.3) is 0 Å². The van der Waals surface area contributed by atoms with Crippen molar-refractivity contribution in [3.8, 4) is 0 Å². The molecule has 1 rings (SSSR count). The van der Waals surface area contributed by atoms with Gasteiger partial charge in [0.2, 0.25) is 5.91 Å². The molecule has 0 aromatic carbocycles. The molecule has 1 amide bonds. The number of halogens is 3. The lowest BCUT2D eigenvalue weighted by Gasteiger charge is -2.13. The van der Waals surface area contributed by atoms with Crippen LogP contribution < -0.4 is 10.6 Å². The van der Waals surface area contributed by atoms with Crippen LogP contribution in [0.2, 0.25) is 0 Å². The predicted molar refractivity (Wildman–Crippen MR) is 78.2 cm³/mol. The summed E-state index contributed by atoms with van der Waals surface area (Å²) in [5.74, 6) is -0.270. The van der Waals surface area contributed by atoms with Gasteiger partial charge in [0.05, 0.1) is 6.61 Å². The van der Waals surface area contributed by atoms with E-state index < -0.39 is 11.7 Å². The van der Waals surface area contributed by atoms with Crippen LogP contribution in [-0.4, -0.2) is 42.9 Å². The van der Waals surface area contributed by atoms with Gasteiger partial charge in [-0.3, -0.25) is 4.79 Å². The zero-order chi connectivity index (χ0) is 16.8. The fraction of sp³-hybridized carbons (Fsp3) is 0.667. The van der Waals surface area contributed by atoms with E-state index in [1.165, 1.54) is 6.92 Å². The summed E-state index contributed by atoms with van der Waals surface area (Å²) in [4.78, 5) is 12.0. The Bertz CT molecular complexity index is 433. The first-order chi connectivity index (χ1) is 10.2. The van der Waals surface area contributed by atoms with Crippen molar-refractivity contribution in [3.05, 3.63) is 23.8 Å². The number of aliphatic hydroxyl groups excluding tert-OH is 1. The van der Waals surface area contributed by atoms with Crippen LogP contribution in [0.1, 0.15) is 26.2 Å². The van der Waals surface area contributed by atoms with Gasteiger partial charge in [-0.2, -0.15) is 13.2 Å². The van der Waals surface area contributed by atoms with Crippen LogP contribution in [0.25, 0.3) is 0 Å².